The first-order valence-electron chi connectivity index (χ1n) is 7.45. The van der Waals surface area contributed by atoms with Crippen LogP contribution < -0.4 is 10.5 Å². The number of carboxylic acids is 1. The van der Waals surface area contributed by atoms with E-state index in [-0.39, 0.29) is 24.7 Å². The zero-order valence-electron chi connectivity index (χ0n) is 12.3. The van der Waals surface area contributed by atoms with Crippen molar-refractivity contribution >= 4 is 16.0 Å². The van der Waals surface area contributed by atoms with Gasteiger partial charge in [-0.25, -0.2) is 13.1 Å². The minimum atomic E-state index is -3.38. The van der Waals surface area contributed by atoms with Crippen molar-refractivity contribution in [2.45, 2.75) is 57.1 Å². The number of aliphatic carboxylic acids is 1. The second kappa shape index (κ2) is 9.34. The Kier molecular flexibility index (Phi) is 8.16. The minimum absolute atomic E-state index is 0.128. The molecule has 7 nitrogen and oxygen atoms in total. The van der Waals surface area contributed by atoms with Crippen molar-refractivity contribution in [2.75, 3.05) is 18.9 Å². The van der Waals surface area contributed by atoms with Crippen LogP contribution in [0, 0.1) is 0 Å². The Labute approximate surface area is 126 Å². The molecule has 0 aliphatic heterocycles. The SMILES string of the molecule is NC1CCC(OCCCNS(=O)(=O)CCCC(=O)O)CC1. The standard InChI is InChI=1S/C13H26N2O5S/c14-11-4-6-12(7-5-11)20-9-2-8-15-21(18,19)10-1-3-13(16)17/h11-12,15H,1-10,14H2,(H,16,17). The number of sulfonamides is 1. The molecule has 1 aliphatic carbocycles. The third-order valence-electron chi connectivity index (χ3n) is 3.52. The molecule has 8 heteroatoms. The molecule has 1 saturated carbocycles. The van der Waals surface area contributed by atoms with Crippen LogP contribution in [0.2, 0.25) is 0 Å². The van der Waals surface area contributed by atoms with Gasteiger partial charge < -0.3 is 15.6 Å². The highest BCUT2D eigenvalue weighted by molar-refractivity contribution is 7.89. The van der Waals surface area contributed by atoms with Crippen LogP contribution in [0.1, 0.15) is 44.9 Å². The maximum atomic E-state index is 11.6. The molecule has 0 unspecified atom stereocenters. The van der Waals surface area contributed by atoms with E-state index in [1.165, 1.54) is 0 Å². The molecule has 0 amide bonds. The molecule has 21 heavy (non-hydrogen) atoms. The van der Waals surface area contributed by atoms with E-state index in [1.54, 1.807) is 0 Å². The number of nitrogens with two attached hydrogens (primary N) is 1. The van der Waals surface area contributed by atoms with Crippen LogP contribution in [0.5, 0.6) is 0 Å². The summed E-state index contributed by atoms with van der Waals surface area (Å²) >= 11 is 0. The third kappa shape index (κ3) is 9.02. The fraction of sp³-hybridized carbons (Fsp3) is 0.923. The lowest BCUT2D eigenvalue weighted by molar-refractivity contribution is -0.137. The summed E-state index contributed by atoms with van der Waals surface area (Å²) in [6.07, 6.45) is 4.78. The van der Waals surface area contributed by atoms with Crippen LogP contribution in [0.4, 0.5) is 0 Å². The van der Waals surface area contributed by atoms with E-state index in [4.69, 9.17) is 15.6 Å². The van der Waals surface area contributed by atoms with E-state index in [2.05, 4.69) is 4.72 Å². The van der Waals surface area contributed by atoms with Gasteiger partial charge in [-0.2, -0.15) is 0 Å². The van der Waals surface area contributed by atoms with E-state index in [0.29, 0.717) is 25.6 Å². The molecular weight excluding hydrogens is 296 g/mol. The van der Waals surface area contributed by atoms with Crippen molar-refractivity contribution in [3.63, 3.8) is 0 Å². The Balaban J connectivity index is 2.03. The molecule has 124 valence electrons. The quantitative estimate of drug-likeness (QED) is 0.502. The summed E-state index contributed by atoms with van der Waals surface area (Å²) in [5.74, 6) is -1.13. The van der Waals surface area contributed by atoms with Crippen molar-refractivity contribution in [2.24, 2.45) is 5.73 Å². The molecule has 0 aromatic carbocycles. The van der Waals surface area contributed by atoms with Gasteiger partial charge in [0.15, 0.2) is 0 Å². The second-order valence-electron chi connectivity index (χ2n) is 5.47. The van der Waals surface area contributed by atoms with Crippen molar-refractivity contribution in [3.05, 3.63) is 0 Å². The number of rotatable bonds is 10. The minimum Gasteiger partial charge on any atom is -0.481 e. The number of carbonyl (C=O) groups is 1. The smallest absolute Gasteiger partial charge is 0.303 e. The molecule has 0 aromatic heterocycles. The summed E-state index contributed by atoms with van der Waals surface area (Å²) in [5, 5.41) is 8.46. The first kappa shape index (κ1) is 18.3. The van der Waals surface area contributed by atoms with Gasteiger partial charge in [0, 0.05) is 25.6 Å². The summed E-state index contributed by atoms with van der Waals surface area (Å²) in [4.78, 5) is 10.3. The number of hydrogen-bond acceptors (Lipinski definition) is 5. The van der Waals surface area contributed by atoms with E-state index < -0.39 is 16.0 Å². The average Bonchev–Trinajstić information content (AvgIpc) is 2.39. The van der Waals surface area contributed by atoms with Crippen molar-refractivity contribution in [1.82, 2.24) is 4.72 Å². The summed E-state index contributed by atoms with van der Waals surface area (Å²) in [6, 6.07) is 0.294. The fourth-order valence-electron chi connectivity index (χ4n) is 2.29. The van der Waals surface area contributed by atoms with Gasteiger partial charge in [-0.15, -0.1) is 0 Å². The molecule has 0 bridgehead atoms. The number of carboxylic acid groups (broad SMARTS) is 1. The lowest BCUT2D eigenvalue weighted by atomic mass is 9.94. The third-order valence-corrected chi connectivity index (χ3v) is 4.99. The number of ether oxygens (including phenoxy) is 1. The van der Waals surface area contributed by atoms with Crippen LogP contribution >= 0.6 is 0 Å². The van der Waals surface area contributed by atoms with E-state index in [9.17, 15) is 13.2 Å². The molecule has 0 spiro atoms. The van der Waals surface area contributed by atoms with Gasteiger partial charge in [-0.1, -0.05) is 0 Å². The lowest BCUT2D eigenvalue weighted by Gasteiger charge is -2.26. The van der Waals surface area contributed by atoms with Gasteiger partial charge in [0.2, 0.25) is 10.0 Å². The maximum Gasteiger partial charge on any atom is 0.303 e. The molecule has 0 aromatic rings. The topological polar surface area (TPSA) is 119 Å². The molecule has 0 radical (unpaired) electrons. The Hall–Kier alpha value is -0.700. The molecule has 1 rings (SSSR count). The van der Waals surface area contributed by atoms with E-state index in [1.807, 2.05) is 0 Å². The summed E-state index contributed by atoms with van der Waals surface area (Å²) in [5.41, 5.74) is 5.81. The predicted octanol–water partition coefficient (Wildman–Crippen LogP) is 0.447. The molecule has 0 saturated heterocycles. The fourth-order valence-corrected chi connectivity index (χ4v) is 3.41. The second-order valence-corrected chi connectivity index (χ2v) is 7.40. The first-order valence-corrected chi connectivity index (χ1v) is 9.10. The van der Waals surface area contributed by atoms with Crippen molar-refractivity contribution < 1.29 is 23.1 Å². The highest BCUT2D eigenvalue weighted by Crippen LogP contribution is 2.19. The maximum absolute atomic E-state index is 11.6. The Bertz CT molecular complexity index is 405. The monoisotopic (exact) mass is 322 g/mol. The van der Waals surface area contributed by atoms with Gasteiger partial charge in [0.1, 0.15) is 0 Å². The summed E-state index contributed by atoms with van der Waals surface area (Å²) in [6.45, 7) is 0.846. The zero-order valence-corrected chi connectivity index (χ0v) is 13.1. The van der Waals surface area contributed by atoms with Crippen LogP contribution in [0.3, 0.4) is 0 Å². The van der Waals surface area contributed by atoms with Gasteiger partial charge >= 0.3 is 5.97 Å². The first-order chi connectivity index (χ1) is 9.89. The lowest BCUT2D eigenvalue weighted by Crippen LogP contribution is -2.31. The van der Waals surface area contributed by atoms with Crippen LogP contribution in [-0.4, -0.2) is 50.5 Å². The Morgan fingerprint density at radius 2 is 1.90 bits per heavy atom. The van der Waals surface area contributed by atoms with Crippen LogP contribution in [-0.2, 0) is 19.6 Å². The number of nitrogens with one attached hydrogen (secondary N) is 1. The molecule has 4 N–H and O–H groups in total. The molecule has 1 fully saturated rings. The van der Waals surface area contributed by atoms with E-state index in [0.717, 1.165) is 25.7 Å². The molecule has 1 aliphatic rings. The van der Waals surface area contributed by atoms with E-state index >= 15 is 0 Å². The van der Waals surface area contributed by atoms with Crippen LogP contribution in [0.25, 0.3) is 0 Å². The van der Waals surface area contributed by atoms with Gasteiger partial charge in [-0.3, -0.25) is 4.79 Å². The highest BCUT2D eigenvalue weighted by atomic mass is 32.2. The molecule has 0 heterocycles. The molecule has 0 atom stereocenters. The van der Waals surface area contributed by atoms with Crippen LogP contribution in [0.15, 0.2) is 0 Å². The predicted molar refractivity (Wildman–Crippen MR) is 79.5 cm³/mol. The Morgan fingerprint density at radius 1 is 1.24 bits per heavy atom. The largest absolute Gasteiger partial charge is 0.481 e. The van der Waals surface area contributed by atoms with Crippen molar-refractivity contribution in [1.29, 1.82) is 0 Å². The summed E-state index contributed by atoms with van der Waals surface area (Å²) in [7, 11) is -3.38. The van der Waals surface area contributed by atoms with Gasteiger partial charge in [0.25, 0.3) is 0 Å². The summed E-state index contributed by atoms with van der Waals surface area (Å²) < 4.78 is 31.3. The van der Waals surface area contributed by atoms with Crippen molar-refractivity contribution in [3.8, 4) is 0 Å². The van der Waals surface area contributed by atoms with Gasteiger partial charge in [-0.05, 0) is 38.5 Å². The Morgan fingerprint density at radius 3 is 2.52 bits per heavy atom. The average molecular weight is 322 g/mol. The normalized spacial score (nSPS) is 23.1. The zero-order chi connectivity index (χ0) is 15.7. The van der Waals surface area contributed by atoms with Gasteiger partial charge in [0.05, 0.1) is 11.9 Å². The highest BCUT2D eigenvalue weighted by Gasteiger charge is 2.18. The molecular formula is C13H26N2O5S. The number of hydrogen-bond donors (Lipinski definition) is 3.